The second kappa shape index (κ2) is 6.70. The van der Waals surface area contributed by atoms with Gasteiger partial charge in [-0.25, -0.2) is 8.70 Å². The van der Waals surface area contributed by atoms with Crippen LogP contribution in [0, 0.1) is 5.82 Å². The lowest BCUT2D eigenvalue weighted by Crippen LogP contribution is -2.35. The van der Waals surface area contributed by atoms with E-state index in [1.807, 2.05) is 0 Å². The summed E-state index contributed by atoms with van der Waals surface area (Å²) in [5, 5.41) is 4.34. The van der Waals surface area contributed by atoms with Gasteiger partial charge in [-0.2, -0.15) is 8.42 Å². The maximum absolute atomic E-state index is 13.3. The number of likely N-dealkylation sites (N-methyl/N-ethyl adjacent to an activating group) is 1. The molecule has 2 aromatic rings. The summed E-state index contributed by atoms with van der Waals surface area (Å²) < 4.78 is 42.4. The fourth-order valence-corrected chi connectivity index (χ4v) is 4.10. The molecule has 6 nitrogen and oxygen atoms in total. The highest BCUT2D eigenvalue weighted by Gasteiger charge is 2.30. The van der Waals surface area contributed by atoms with E-state index in [1.165, 1.54) is 42.7 Å². The molecule has 2 heterocycles. The second-order valence-corrected chi connectivity index (χ2v) is 8.44. The number of hydrogen-bond donors (Lipinski definition) is 1. The molecule has 1 aliphatic rings. The first-order chi connectivity index (χ1) is 11.8. The van der Waals surface area contributed by atoms with Crippen LogP contribution in [-0.2, 0) is 15.0 Å². The molecule has 25 heavy (non-hydrogen) atoms. The Bertz CT molecular complexity index is 1000. The van der Waals surface area contributed by atoms with Gasteiger partial charge in [-0.1, -0.05) is 6.07 Å². The summed E-state index contributed by atoms with van der Waals surface area (Å²) in [6, 6.07) is 7.43. The standard InChI is InChI=1S/C15H11BrFN3O3S2/c1-20-13(15(21)18-9-4-5-11(17)10(16)7-9)8-12(19-25(20,22)23)14-3-2-6-24-14/h2-8H,1H3,(H,18,21). The Hall–Kier alpha value is -2.04. The van der Waals surface area contributed by atoms with Gasteiger partial charge in [0.05, 0.1) is 15.1 Å². The number of benzene rings is 1. The number of halogens is 2. The number of nitrogens with zero attached hydrogens (tertiary/aromatic N) is 2. The molecule has 0 fully saturated rings. The van der Waals surface area contributed by atoms with Crippen LogP contribution in [0.1, 0.15) is 4.88 Å². The van der Waals surface area contributed by atoms with E-state index in [0.717, 1.165) is 4.31 Å². The predicted octanol–water partition coefficient (Wildman–Crippen LogP) is 3.15. The second-order valence-electron chi connectivity index (χ2n) is 5.01. The molecule has 0 atom stereocenters. The zero-order valence-electron chi connectivity index (χ0n) is 12.7. The maximum atomic E-state index is 13.3. The lowest BCUT2D eigenvalue weighted by molar-refractivity contribution is -0.113. The fraction of sp³-hybridized carbons (Fsp3) is 0.0667. The van der Waals surface area contributed by atoms with Crippen molar-refractivity contribution in [2.45, 2.75) is 0 Å². The summed E-state index contributed by atoms with van der Waals surface area (Å²) >= 11 is 4.35. The summed E-state index contributed by atoms with van der Waals surface area (Å²) in [4.78, 5) is 13.2. The van der Waals surface area contributed by atoms with Gasteiger partial charge in [0.2, 0.25) is 0 Å². The minimum Gasteiger partial charge on any atom is -0.321 e. The quantitative estimate of drug-likeness (QED) is 0.790. The van der Waals surface area contributed by atoms with Crippen molar-refractivity contribution >= 4 is 54.8 Å². The van der Waals surface area contributed by atoms with Crippen LogP contribution in [0.25, 0.3) is 0 Å². The summed E-state index contributed by atoms with van der Waals surface area (Å²) in [7, 11) is -2.76. The van der Waals surface area contributed by atoms with Crippen LogP contribution in [0.15, 0.2) is 56.4 Å². The number of hydrogen-bond acceptors (Lipinski definition) is 4. The predicted molar refractivity (Wildman–Crippen MR) is 98.4 cm³/mol. The molecule has 3 rings (SSSR count). The summed E-state index contributed by atoms with van der Waals surface area (Å²) in [5.74, 6) is -1.12. The van der Waals surface area contributed by atoms with Gasteiger partial charge in [-0.15, -0.1) is 15.7 Å². The Morgan fingerprint density at radius 1 is 1.36 bits per heavy atom. The van der Waals surface area contributed by atoms with Crippen LogP contribution >= 0.6 is 27.3 Å². The van der Waals surface area contributed by atoms with Gasteiger partial charge < -0.3 is 5.32 Å². The fourth-order valence-electron chi connectivity index (χ4n) is 2.07. The first-order valence-electron chi connectivity index (χ1n) is 6.89. The molecule has 1 amide bonds. The van der Waals surface area contributed by atoms with Crippen LogP contribution in [0.4, 0.5) is 10.1 Å². The number of rotatable bonds is 3. The largest absolute Gasteiger partial charge is 0.345 e. The highest BCUT2D eigenvalue weighted by Crippen LogP contribution is 2.24. The topological polar surface area (TPSA) is 78.8 Å². The number of thiophene rings is 1. The number of carbonyl (C=O) groups excluding carboxylic acids is 1. The van der Waals surface area contributed by atoms with Gasteiger partial charge in [-0.05, 0) is 51.7 Å². The SMILES string of the molecule is CN1C(C(=O)Nc2ccc(F)c(Br)c2)=CC(c2cccs2)=NS1(=O)=O. The first kappa shape index (κ1) is 17.8. The van der Waals surface area contributed by atoms with Crippen molar-refractivity contribution < 1.29 is 17.6 Å². The molecular formula is C15H11BrFN3O3S2. The molecule has 1 aromatic heterocycles. The minimum absolute atomic E-state index is 0.0844. The van der Waals surface area contributed by atoms with Crippen molar-refractivity contribution in [1.82, 2.24) is 4.31 Å². The molecule has 0 radical (unpaired) electrons. The smallest absolute Gasteiger partial charge is 0.321 e. The molecular weight excluding hydrogens is 433 g/mol. The van der Waals surface area contributed by atoms with Crippen molar-refractivity contribution in [2.75, 3.05) is 12.4 Å². The number of amides is 1. The van der Waals surface area contributed by atoms with Crippen LogP contribution in [0.2, 0.25) is 0 Å². The number of anilines is 1. The Morgan fingerprint density at radius 2 is 2.12 bits per heavy atom. The third-order valence-electron chi connectivity index (χ3n) is 3.36. The number of carbonyl (C=O) groups is 1. The van der Waals surface area contributed by atoms with Crippen LogP contribution in [0.3, 0.4) is 0 Å². The van der Waals surface area contributed by atoms with E-state index < -0.39 is 21.9 Å². The third-order valence-corrected chi connectivity index (χ3v) is 6.17. The van der Waals surface area contributed by atoms with Crippen LogP contribution < -0.4 is 5.32 Å². The molecule has 0 bridgehead atoms. The average Bonchev–Trinajstić information content (AvgIpc) is 3.07. The van der Waals surface area contributed by atoms with E-state index in [0.29, 0.717) is 10.6 Å². The maximum Gasteiger partial charge on any atom is 0.345 e. The van der Waals surface area contributed by atoms with Gasteiger partial charge >= 0.3 is 10.2 Å². The van der Waals surface area contributed by atoms with Gasteiger partial charge in [0.15, 0.2) is 0 Å². The molecule has 1 aliphatic heterocycles. The number of nitrogens with one attached hydrogen (secondary N) is 1. The monoisotopic (exact) mass is 443 g/mol. The molecule has 130 valence electrons. The molecule has 0 saturated heterocycles. The molecule has 0 spiro atoms. The molecule has 0 aliphatic carbocycles. The lowest BCUT2D eigenvalue weighted by Gasteiger charge is -2.23. The summed E-state index contributed by atoms with van der Waals surface area (Å²) in [6.45, 7) is 0. The van der Waals surface area contributed by atoms with Crippen molar-refractivity contribution in [3.63, 3.8) is 0 Å². The van der Waals surface area contributed by atoms with Gasteiger partial charge in [0.25, 0.3) is 5.91 Å². The Morgan fingerprint density at radius 3 is 2.76 bits per heavy atom. The molecule has 0 saturated carbocycles. The summed E-state index contributed by atoms with van der Waals surface area (Å²) in [5.41, 5.74) is 0.433. The van der Waals surface area contributed by atoms with E-state index in [4.69, 9.17) is 0 Å². The molecule has 0 unspecified atom stereocenters. The third kappa shape index (κ3) is 3.65. The van der Waals surface area contributed by atoms with Crippen molar-refractivity contribution in [3.05, 3.63) is 62.7 Å². The van der Waals surface area contributed by atoms with E-state index in [2.05, 4.69) is 25.6 Å². The number of allylic oxidation sites excluding steroid dienone is 1. The van der Waals surface area contributed by atoms with E-state index in [-0.39, 0.29) is 15.9 Å². The zero-order valence-corrected chi connectivity index (χ0v) is 16.0. The van der Waals surface area contributed by atoms with Gasteiger partial charge in [0, 0.05) is 12.7 Å². The Kier molecular flexibility index (Phi) is 4.76. The van der Waals surface area contributed by atoms with E-state index >= 15 is 0 Å². The highest BCUT2D eigenvalue weighted by molar-refractivity contribution is 9.10. The Balaban J connectivity index is 1.94. The van der Waals surface area contributed by atoms with Gasteiger partial charge in [-0.3, -0.25) is 4.79 Å². The van der Waals surface area contributed by atoms with Crippen molar-refractivity contribution in [3.8, 4) is 0 Å². The van der Waals surface area contributed by atoms with Crippen LogP contribution in [0.5, 0.6) is 0 Å². The first-order valence-corrected chi connectivity index (χ1v) is 9.96. The molecule has 10 heteroatoms. The lowest BCUT2D eigenvalue weighted by atomic mass is 10.2. The van der Waals surface area contributed by atoms with E-state index in [1.54, 1.807) is 17.5 Å². The average molecular weight is 444 g/mol. The minimum atomic E-state index is -4.01. The van der Waals surface area contributed by atoms with Crippen LogP contribution in [-0.4, -0.2) is 31.4 Å². The van der Waals surface area contributed by atoms with Crippen molar-refractivity contribution in [1.29, 1.82) is 0 Å². The molecule has 1 aromatic carbocycles. The Labute approximate surface area is 156 Å². The normalized spacial score (nSPS) is 16.2. The van der Waals surface area contributed by atoms with Gasteiger partial charge in [0.1, 0.15) is 11.5 Å². The van der Waals surface area contributed by atoms with E-state index in [9.17, 15) is 17.6 Å². The highest BCUT2D eigenvalue weighted by atomic mass is 79.9. The summed E-state index contributed by atoms with van der Waals surface area (Å²) in [6.07, 6.45) is 1.40. The zero-order chi connectivity index (χ0) is 18.2. The molecule has 1 N–H and O–H groups in total. The van der Waals surface area contributed by atoms with Crippen molar-refractivity contribution in [2.24, 2.45) is 4.40 Å².